The maximum Gasteiger partial charge on any atom is 0.228 e. The van der Waals surface area contributed by atoms with Crippen LogP contribution in [-0.4, -0.2) is 13.0 Å². The Bertz CT molecular complexity index is 965. The highest BCUT2D eigenvalue weighted by Gasteiger charge is 2.17. The van der Waals surface area contributed by atoms with Gasteiger partial charge in [0.15, 0.2) is 0 Å². The number of nitrogens with two attached hydrogens (primary N) is 1. The van der Waals surface area contributed by atoms with Crippen molar-refractivity contribution in [3.05, 3.63) is 53.3 Å². The van der Waals surface area contributed by atoms with Gasteiger partial charge in [-0.3, -0.25) is 4.79 Å². The summed E-state index contributed by atoms with van der Waals surface area (Å²) in [6.45, 7) is 0. The molecule has 0 saturated heterocycles. The third kappa shape index (κ3) is 3.35. The molecule has 0 fully saturated rings. The summed E-state index contributed by atoms with van der Waals surface area (Å²) in [5.74, 6) is 0.511. The zero-order valence-corrected chi connectivity index (χ0v) is 15.3. The molecule has 0 atom stereocenters. The van der Waals surface area contributed by atoms with Gasteiger partial charge >= 0.3 is 0 Å². The van der Waals surface area contributed by atoms with Crippen LogP contribution in [0.5, 0.6) is 5.75 Å². The number of hydrogen-bond acceptors (Lipinski definition) is 4. The number of carbonyl (C=O) groups is 1. The van der Waals surface area contributed by atoms with Crippen LogP contribution >= 0.6 is 12.4 Å². The van der Waals surface area contributed by atoms with Crippen molar-refractivity contribution in [2.75, 3.05) is 18.2 Å². The van der Waals surface area contributed by atoms with Crippen molar-refractivity contribution in [2.45, 2.75) is 25.7 Å². The molecule has 1 aromatic heterocycles. The molecule has 0 radical (unpaired) electrons. The van der Waals surface area contributed by atoms with Gasteiger partial charge in [-0.2, -0.15) is 0 Å². The summed E-state index contributed by atoms with van der Waals surface area (Å²) < 4.78 is 10.8. The Kier molecular flexibility index (Phi) is 5.09. The molecule has 4 rings (SSSR count). The molecule has 0 aliphatic heterocycles. The molecule has 1 aliphatic rings. The monoisotopic (exact) mass is 372 g/mol. The van der Waals surface area contributed by atoms with E-state index in [9.17, 15) is 4.79 Å². The first-order chi connectivity index (χ1) is 12.1. The number of rotatable bonds is 4. The van der Waals surface area contributed by atoms with Gasteiger partial charge in [0.25, 0.3) is 0 Å². The van der Waals surface area contributed by atoms with Crippen molar-refractivity contribution in [1.82, 2.24) is 0 Å². The minimum Gasteiger partial charge on any atom is -0.497 e. The Morgan fingerprint density at radius 1 is 1.23 bits per heavy atom. The molecule has 2 aromatic carbocycles. The third-order valence-electron chi connectivity index (χ3n) is 4.75. The Labute approximate surface area is 157 Å². The zero-order chi connectivity index (χ0) is 17.4. The number of nitrogens with one attached hydrogen (secondary N) is 1. The number of furan rings is 1. The SMILES string of the molecule is COc1ccc(N)c(NC(=O)Cc2coc3cc4c(cc23)CCC4)c1.Cl. The van der Waals surface area contributed by atoms with Crippen molar-refractivity contribution < 1.29 is 13.9 Å². The van der Waals surface area contributed by atoms with Gasteiger partial charge in [-0.1, -0.05) is 0 Å². The van der Waals surface area contributed by atoms with Crippen molar-refractivity contribution in [2.24, 2.45) is 0 Å². The normalized spacial score (nSPS) is 12.5. The quantitative estimate of drug-likeness (QED) is 0.675. The molecule has 0 unspecified atom stereocenters. The molecule has 0 spiro atoms. The van der Waals surface area contributed by atoms with Gasteiger partial charge in [0.05, 0.1) is 31.2 Å². The summed E-state index contributed by atoms with van der Waals surface area (Å²) in [5.41, 5.74) is 11.5. The van der Waals surface area contributed by atoms with E-state index >= 15 is 0 Å². The lowest BCUT2D eigenvalue weighted by molar-refractivity contribution is -0.115. The number of carbonyl (C=O) groups excluding carboxylic acids is 1. The highest BCUT2D eigenvalue weighted by Crippen LogP contribution is 2.31. The second-order valence-corrected chi connectivity index (χ2v) is 6.41. The predicted molar refractivity (Wildman–Crippen MR) is 105 cm³/mol. The lowest BCUT2D eigenvalue weighted by Gasteiger charge is -2.09. The number of halogens is 1. The van der Waals surface area contributed by atoms with E-state index in [0.29, 0.717) is 17.1 Å². The van der Waals surface area contributed by atoms with Gasteiger partial charge in [-0.05, 0) is 54.7 Å². The molecular weight excluding hydrogens is 352 g/mol. The van der Waals surface area contributed by atoms with Crippen molar-refractivity contribution in [3.63, 3.8) is 0 Å². The van der Waals surface area contributed by atoms with E-state index in [0.717, 1.165) is 29.4 Å². The highest BCUT2D eigenvalue weighted by molar-refractivity contribution is 5.97. The number of amides is 1. The standard InChI is InChI=1S/C20H20N2O3.ClH/c1-24-15-5-6-17(21)18(10-15)22-20(23)9-14-11-25-19-8-13-4-2-3-12(13)7-16(14)19;/h5-8,10-11H,2-4,9,21H2,1H3,(H,22,23);1H. The summed E-state index contributed by atoms with van der Waals surface area (Å²) in [6.07, 6.45) is 5.31. The number of aryl methyl sites for hydroxylation is 2. The summed E-state index contributed by atoms with van der Waals surface area (Å²) >= 11 is 0. The van der Waals surface area contributed by atoms with Gasteiger partial charge in [0, 0.05) is 17.0 Å². The highest BCUT2D eigenvalue weighted by atomic mass is 35.5. The lowest BCUT2D eigenvalue weighted by Crippen LogP contribution is -2.15. The molecule has 1 heterocycles. The van der Waals surface area contributed by atoms with E-state index in [2.05, 4.69) is 17.4 Å². The van der Waals surface area contributed by atoms with Crippen molar-refractivity contribution in [3.8, 4) is 5.75 Å². The van der Waals surface area contributed by atoms with Crippen LogP contribution in [-0.2, 0) is 24.1 Å². The predicted octanol–water partition coefficient (Wildman–Crippen LogP) is 4.12. The van der Waals surface area contributed by atoms with Crippen LogP contribution in [0.2, 0.25) is 0 Å². The van der Waals surface area contributed by atoms with Crippen LogP contribution in [0.4, 0.5) is 11.4 Å². The number of hydrogen-bond donors (Lipinski definition) is 2. The van der Waals surface area contributed by atoms with Crippen molar-refractivity contribution in [1.29, 1.82) is 0 Å². The summed E-state index contributed by atoms with van der Waals surface area (Å²) in [6, 6.07) is 9.47. The summed E-state index contributed by atoms with van der Waals surface area (Å²) in [7, 11) is 1.58. The first-order valence-corrected chi connectivity index (χ1v) is 8.39. The molecule has 1 amide bonds. The second kappa shape index (κ2) is 7.30. The average Bonchev–Trinajstić information content (AvgIpc) is 3.21. The van der Waals surface area contributed by atoms with E-state index in [1.807, 2.05) is 0 Å². The smallest absolute Gasteiger partial charge is 0.228 e. The largest absolute Gasteiger partial charge is 0.497 e. The third-order valence-corrected chi connectivity index (χ3v) is 4.75. The van der Waals surface area contributed by atoms with E-state index in [1.165, 1.54) is 17.5 Å². The molecule has 0 bridgehead atoms. The summed E-state index contributed by atoms with van der Waals surface area (Å²) in [4.78, 5) is 12.5. The Balaban J connectivity index is 0.00000196. The van der Waals surface area contributed by atoms with Crippen LogP contribution in [0.3, 0.4) is 0 Å². The molecule has 1 aliphatic carbocycles. The van der Waals surface area contributed by atoms with Crippen LogP contribution in [0.1, 0.15) is 23.1 Å². The van der Waals surface area contributed by atoms with Crippen LogP contribution in [0, 0.1) is 0 Å². The van der Waals surface area contributed by atoms with Crippen LogP contribution < -0.4 is 15.8 Å². The number of ether oxygens (including phenoxy) is 1. The van der Waals surface area contributed by atoms with Gasteiger partial charge in [0.1, 0.15) is 11.3 Å². The first kappa shape index (κ1) is 18.1. The topological polar surface area (TPSA) is 77.5 Å². The first-order valence-electron chi connectivity index (χ1n) is 8.39. The van der Waals surface area contributed by atoms with E-state index in [4.69, 9.17) is 14.9 Å². The number of nitrogen functional groups attached to an aromatic ring is 1. The van der Waals surface area contributed by atoms with Crippen LogP contribution in [0.15, 0.2) is 41.0 Å². The van der Waals surface area contributed by atoms with Gasteiger partial charge in [-0.25, -0.2) is 0 Å². The molecule has 6 heteroatoms. The van der Waals surface area contributed by atoms with Crippen LogP contribution in [0.25, 0.3) is 11.0 Å². The molecule has 26 heavy (non-hydrogen) atoms. The maximum atomic E-state index is 12.5. The number of fused-ring (bicyclic) bond motifs is 2. The number of anilines is 2. The molecule has 5 nitrogen and oxygen atoms in total. The van der Waals surface area contributed by atoms with E-state index in [1.54, 1.807) is 31.6 Å². The minimum absolute atomic E-state index is 0. The molecule has 0 saturated carbocycles. The van der Waals surface area contributed by atoms with Gasteiger partial charge in [0.2, 0.25) is 5.91 Å². The second-order valence-electron chi connectivity index (χ2n) is 6.41. The van der Waals surface area contributed by atoms with E-state index in [-0.39, 0.29) is 24.7 Å². The maximum absolute atomic E-state index is 12.5. The Hall–Kier alpha value is -2.66. The van der Waals surface area contributed by atoms with Crippen molar-refractivity contribution >= 4 is 40.7 Å². The fourth-order valence-electron chi connectivity index (χ4n) is 3.42. The molecular formula is C20H21ClN2O3. The fraction of sp³-hybridized carbons (Fsp3) is 0.250. The number of benzene rings is 2. The fourth-order valence-corrected chi connectivity index (χ4v) is 3.42. The molecule has 3 N–H and O–H groups in total. The Morgan fingerprint density at radius 2 is 2.00 bits per heavy atom. The minimum atomic E-state index is -0.136. The molecule has 3 aromatic rings. The average molecular weight is 373 g/mol. The van der Waals surface area contributed by atoms with Gasteiger partial charge in [-0.15, -0.1) is 12.4 Å². The number of methoxy groups -OCH3 is 1. The Morgan fingerprint density at radius 3 is 2.77 bits per heavy atom. The lowest BCUT2D eigenvalue weighted by atomic mass is 10.0. The van der Waals surface area contributed by atoms with E-state index < -0.39 is 0 Å². The molecule has 136 valence electrons. The summed E-state index contributed by atoms with van der Waals surface area (Å²) in [5, 5.41) is 3.88. The zero-order valence-electron chi connectivity index (χ0n) is 14.5. The van der Waals surface area contributed by atoms with Gasteiger partial charge < -0.3 is 20.2 Å².